The van der Waals surface area contributed by atoms with Crippen molar-refractivity contribution in [2.45, 2.75) is 64.3 Å². The zero-order valence-corrected chi connectivity index (χ0v) is 33.5. The number of fused-ring (bicyclic) bond motifs is 1. The largest absolute Gasteiger partial charge is 0.481 e. The van der Waals surface area contributed by atoms with E-state index < -0.39 is 113 Å². The van der Waals surface area contributed by atoms with Crippen LogP contribution in [0.25, 0.3) is 11.2 Å². The normalized spacial score (nSPS) is 22.5. The van der Waals surface area contributed by atoms with Crippen molar-refractivity contribution in [2.24, 2.45) is 5.41 Å². The fourth-order valence-electron chi connectivity index (χ4n) is 4.97. The predicted octanol–water partition coefficient (Wildman–Crippen LogP) is -1.57. The summed E-state index contributed by atoms with van der Waals surface area (Å²) >= 11 is 0. The van der Waals surface area contributed by atoms with Crippen LogP contribution in [-0.2, 0) is 55.5 Å². The van der Waals surface area contributed by atoms with E-state index in [9.17, 15) is 62.7 Å². The van der Waals surface area contributed by atoms with E-state index in [0.29, 0.717) is 5.75 Å². The second kappa shape index (κ2) is 19.7. The van der Waals surface area contributed by atoms with Gasteiger partial charge < -0.3 is 56.0 Å². The number of nitrogens with two attached hydrogens (primary N) is 1. The Bertz CT molecular complexity index is 1880. The SMILES string of the molecule is CC[SH](CCNC(=O)CCNC(=O)C(O)C(C)(C)COP(=O)(O)OP(=O)(O)OC[C@H]1O[C@@H](n2cnc3c(N)ncnc32)[C@H](O)[C@@H]1OP(=O)(O)O)C(=O)CC(=O)O. The van der Waals surface area contributed by atoms with Crippen LogP contribution >= 0.6 is 34.4 Å². The number of aromatic nitrogens is 4. The lowest BCUT2D eigenvalue weighted by molar-refractivity contribution is -0.139. The Morgan fingerprint density at radius 3 is 2.34 bits per heavy atom. The third-order valence-electron chi connectivity index (χ3n) is 7.82. The number of carboxylic acids is 1. The first-order chi connectivity index (χ1) is 25.9. The van der Waals surface area contributed by atoms with Gasteiger partial charge in [-0.25, -0.2) is 28.6 Å². The van der Waals surface area contributed by atoms with Gasteiger partial charge >= 0.3 is 29.4 Å². The van der Waals surface area contributed by atoms with E-state index in [1.165, 1.54) is 13.8 Å². The predicted molar refractivity (Wildman–Crippen MR) is 191 cm³/mol. The number of hydrogen-bond donors (Lipinski definition) is 11. The molecule has 2 aromatic heterocycles. The molecule has 1 aliphatic heterocycles. The summed E-state index contributed by atoms with van der Waals surface area (Å²) < 4.78 is 62.0. The number of hydrogen-bond acceptors (Lipinski definition) is 18. The van der Waals surface area contributed by atoms with Crippen molar-refractivity contribution in [1.29, 1.82) is 0 Å². The average molecular weight is 884 g/mol. The molecule has 2 amide bonds. The lowest BCUT2D eigenvalue weighted by Crippen LogP contribution is -2.46. The number of carbonyl (C=O) groups is 4. The number of aliphatic hydroxyl groups excluding tert-OH is 2. The summed E-state index contributed by atoms with van der Waals surface area (Å²) in [6.07, 6.45) is -7.70. The molecule has 0 saturated carbocycles. The zero-order valence-electron chi connectivity index (χ0n) is 29.9. The van der Waals surface area contributed by atoms with Gasteiger partial charge in [-0.1, -0.05) is 20.8 Å². The van der Waals surface area contributed by atoms with E-state index in [1.54, 1.807) is 6.92 Å². The van der Waals surface area contributed by atoms with Crippen molar-refractivity contribution in [3.8, 4) is 0 Å². The third-order valence-corrected chi connectivity index (χ3v) is 13.3. The number of aliphatic carboxylic acids is 1. The van der Waals surface area contributed by atoms with E-state index in [4.69, 9.17) is 24.6 Å². The first kappa shape index (κ1) is 47.4. The molecule has 3 rings (SSSR count). The number of anilines is 1. The van der Waals surface area contributed by atoms with Crippen LogP contribution in [0, 0.1) is 5.41 Å². The third kappa shape index (κ3) is 13.9. The molecule has 11 N–H and O–H groups in total. The second-order valence-corrected chi connectivity index (χ2v) is 19.5. The van der Waals surface area contributed by atoms with Gasteiger partial charge in [-0.2, -0.15) is 15.2 Å². The number of amides is 2. The summed E-state index contributed by atoms with van der Waals surface area (Å²) in [6, 6.07) is 0. The quantitative estimate of drug-likeness (QED) is 0.0361. The molecule has 0 bridgehead atoms. The van der Waals surface area contributed by atoms with E-state index in [0.717, 1.165) is 17.2 Å². The first-order valence-corrected chi connectivity index (χ1v) is 22.5. The molecule has 0 radical (unpaired) electrons. The summed E-state index contributed by atoms with van der Waals surface area (Å²) in [6.45, 7) is 1.96. The molecule has 0 aliphatic carbocycles. The Balaban J connectivity index is 1.51. The maximum atomic E-state index is 12.7. The highest BCUT2D eigenvalue weighted by Crippen LogP contribution is 2.61. The Hall–Kier alpha value is -2.97. The van der Waals surface area contributed by atoms with Crippen LogP contribution in [0.1, 0.15) is 39.8 Å². The number of phosphoric acid groups is 3. The molecular weight excluding hydrogens is 839 g/mol. The number of nitrogens with one attached hydrogen (secondary N) is 2. The van der Waals surface area contributed by atoms with Crippen molar-refractivity contribution < 1.29 is 90.4 Å². The average Bonchev–Trinajstić information content (AvgIpc) is 3.64. The van der Waals surface area contributed by atoms with Gasteiger partial charge in [-0.3, -0.25) is 37.3 Å². The number of carboxylic acid groups (broad SMARTS) is 1. The second-order valence-electron chi connectivity index (χ2n) is 12.6. The lowest BCUT2D eigenvalue weighted by atomic mass is 9.87. The number of ether oxygens (including phenoxy) is 1. The van der Waals surface area contributed by atoms with Crippen LogP contribution in [0.3, 0.4) is 0 Å². The molecule has 30 heteroatoms. The smallest absolute Gasteiger partial charge is 0.481 e. The van der Waals surface area contributed by atoms with Gasteiger partial charge in [-0.15, -0.1) is 0 Å². The molecule has 3 heterocycles. The van der Waals surface area contributed by atoms with Crippen LogP contribution in [0.4, 0.5) is 5.82 Å². The summed E-state index contributed by atoms with van der Waals surface area (Å²) in [7, 11) is -17.7. The van der Waals surface area contributed by atoms with Crippen molar-refractivity contribution in [3.63, 3.8) is 0 Å². The first-order valence-electron chi connectivity index (χ1n) is 16.2. The van der Waals surface area contributed by atoms with Crippen molar-refractivity contribution in [2.75, 3.05) is 43.5 Å². The Labute approximate surface area is 320 Å². The number of phosphoric ester groups is 3. The van der Waals surface area contributed by atoms with Crippen LogP contribution in [0.2, 0.25) is 0 Å². The molecule has 26 nitrogen and oxygen atoms in total. The molecule has 1 saturated heterocycles. The molecule has 8 atom stereocenters. The summed E-state index contributed by atoms with van der Waals surface area (Å²) in [5.41, 5.74) is 4.20. The van der Waals surface area contributed by atoms with Crippen molar-refractivity contribution in [1.82, 2.24) is 30.2 Å². The monoisotopic (exact) mass is 883 g/mol. The molecule has 2 aromatic rings. The molecule has 56 heavy (non-hydrogen) atoms. The van der Waals surface area contributed by atoms with E-state index in [-0.39, 0.29) is 42.2 Å². The molecule has 0 spiro atoms. The highest BCUT2D eigenvalue weighted by Gasteiger charge is 2.50. The number of imidazole rings is 1. The minimum atomic E-state index is -5.59. The number of aliphatic hydroxyl groups is 2. The standard InChI is InChI=1S/C26H44N7O19P3S/c1-4-56(17(37)9-16(35)36)8-7-28-15(34)5-6-29-24(40)21(39)26(2,3)11-49-55(46,47)52-54(44,45)48-10-14-20(51-53(41,42)43)19(38)25(50-14)33-13-32-18-22(27)30-12-31-23(18)33/h12-14,19-21,25,38-39,56H,4-11H2,1-3H3,(H,28,34)(H,29,40)(H,35,36)(H,44,45)(H,46,47)(H2,27,30,31)(H2,41,42,43)/t14-,19-,20-,21?,25-/m1/s1. The van der Waals surface area contributed by atoms with Gasteiger partial charge in [0.1, 0.15) is 42.7 Å². The minimum absolute atomic E-state index is 0.0197. The molecule has 318 valence electrons. The maximum absolute atomic E-state index is 12.7. The highest BCUT2D eigenvalue weighted by atomic mass is 32.2. The van der Waals surface area contributed by atoms with Gasteiger partial charge in [0.25, 0.3) is 0 Å². The lowest BCUT2D eigenvalue weighted by Gasteiger charge is -2.30. The van der Waals surface area contributed by atoms with E-state index >= 15 is 0 Å². The molecule has 1 aliphatic rings. The fourth-order valence-corrected chi connectivity index (χ4v) is 9.46. The number of nitrogen functional groups attached to an aromatic ring is 1. The van der Waals surface area contributed by atoms with Gasteiger partial charge in [0.15, 0.2) is 22.8 Å². The summed E-state index contributed by atoms with van der Waals surface area (Å²) in [5, 5.41) is 34.6. The number of thiol groups is 1. The number of rotatable bonds is 22. The van der Waals surface area contributed by atoms with Crippen molar-refractivity contribution >= 4 is 74.2 Å². The Morgan fingerprint density at radius 2 is 1.71 bits per heavy atom. The summed E-state index contributed by atoms with van der Waals surface area (Å²) in [5.74, 6) is -2.11. The Kier molecular flexibility index (Phi) is 16.6. The van der Waals surface area contributed by atoms with Crippen LogP contribution in [0.15, 0.2) is 12.7 Å². The van der Waals surface area contributed by atoms with Gasteiger partial charge in [-0.05, 0) is 11.5 Å². The van der Waals surface area contributed by atoms with Gasteiger partial charge in [0, 0.05) is 24.9 Å². The van der Waals surface area contributed by atoms with Crippen LogP contribution in [-0.4, -0.2) is 140 Å². The molecule has 4 unspecified atom stereocenters. The van der Waals surface area contributed by atoms with Crippen LogP contribution in [0.5, 0.6) is 0 Å². The van der Waals surface area contributed by atoms with Gasteiger partial charge in [0.2, 0.25) is 11.8 Å². The molecule has 0 aromatic carbocycles. The molecule has 1 fully saturated rings. The zero-order chi connectivity index (χ0) is 42.2. The molecular formula is C26H44N7O19P3S. The fraction of sp³-hybridized carbons (Fsp3) is 0.654. The number of carbonyl (C=O) groups excluding carboxylic acids is 3. The Morgan fingerprint density at radius 1 is 1.05 bits per heavy atom. The minimum Gasteiger partial charge on any atom is -0.481 e. The maximum Gasteiger partial charge on any atom is 0.481 e. The van der Waals surface area contributed by atoms with Gasteiger partial charge in [0.05, 0.1) is 19.5 Å². The van der Waals surface area contributed by atoms with Crippen molar-refractivity contribution in [3.05, 3.63) is 12.7 Å². The van der Waals surface area contributed by atoms with E-state index in [2.05, 4.69) is 34.4 Å². The topological polar surface area (TPSA) is 401 Å². The number of nitrogens with zero attached hydrogens (tertiary/aromatic N) is 4. The van der Waals surface area contributed by atoms with Crippen LogP contribution < -0.4 is 16.4 Å². The van der Waals surface area contributed by atoms with E-state index in [1.807, 2.05) is 0 Å². The summed E-state index contributed by atoms with van der Waals surface area (Å²) in [4.78, 5) is 98.3. The highest BCUT2D eigenvalue weighted by molar-refractivity contribution is 8.29.